The number of benzene rings is 1. The Labute approximate surface area is 181 Å². The molecule has 0 radical (unpaired) electrons. The van der Waals surface area contributed by atoms with Gasteiger partial charge in [0.05, 0.1) is 5.69 Å². The number of amides is 3. The fourth-order valence-electron chi connectivity index (χ4n) is 4.06. The number of nitrogens with zero attached hydrogens (tertiary/aromatic N) is 3. The number of carbonyl (C=O) groups is 3. The van der Waals surface area contributed by atoms with Crippen molar-refractivity contribution in [3.8, 4) is 0 Å². The molecule has 1 aromatic carbocycles. The molecule has 3 heterocycles. The van der Waals surface area contributed by atoms with Crippen molar-refractivity contribution < 1.29 is 14.4 Å². The zero-order chi connectivity index (χ0) is 22.1. The third-order valence-corrected chi connectivity index (χ3v) is 5.84. The van der Waals surface area contributed by atoms with E-state index < -0.39 is 18.1 Å². The topological polar surface area (TPSA) is 108 Å². The quantitative estimate of drug-likeness (QED) is 0.644. The summed E-state index contributed by atoms with van der Waals surface area (Å²) in [6, 6.07) is 9.62. The van der Waals surface area contributed by atoms with Crippen molar-refractivity contribution in [2.75, 3.05) is 11.9 Å². The first kappa shape index (κ1) is 21.0. The number of fused-ring (bicyclic) bond motifs is 1. The highest BCUT2D eigenvalue weighted by molar-refractivity contribution is 6.39. The van der Waals surface area contributed by atoms with E-state index in [1.807, 2.05) is 32.0 Å². The Morgan fingerprint density at radius 2 is 1.97 bits per heavy atom. The largest absolute Gasteiger partial charge is 0.330 e. The SMILES string of the molecule is Cc1cc(NC(=O)C(=O)N2CCc3ccccc3C2)n(C2NC(=O)CC(C(C)C)N2)n1. The first-order valence-electron chi connectivity index (χ1n) is 10.6. The van der Waals surface area contributed by atoms with Gasteiger partial charge in [-0.15, -0.1) is 0 Å². The summed E-state index contributed by atoms with van der Waals surface area (Å²) in [5.74, 6) is -0.776. The molecule has 1 fully saturated rings. The van der Waals surface area contributed by atoms with Crippen LogP contribution in [0.3, 0.4) is 0 Å². The molecule has 2 aliphatic heterocycles. The number of anilines is 1. The van der Waals surface area contributed by atoms with E-state index in [4.69, 9.17) is 0 Å². The standard InChI is InChI=1S/C22H28N6O3/c1-13(2)17-11-19(29)25-22(23-17)28-18(10-14(3)26-28)24-20(30)21(31)27-9-8-15-6-4-5-7-16(15)12-27/h4-7,10,13,17,22-23H,8-9,11-12H2,1-3H3,(H,24,30)(H,25,29). The minimum Gasteiger partial charge on any atom is -0.330 e. The van der Waals surface area contributed by atoms with Crippen LogP contribution < -0.4 is 16.0 Å². The van der Waals surface area contributed by atoms with Crippen LogP contribution in [-0.4, -0.2) is 45.0 Å². The molecule has 9 heteroatoms. The predicted octanol–water partition coefficient (Wildman–Crippen LogP) is 1.31. The maximum Gasteiger partial charge on any atom is 0.315 e. The number of rotatable bonds is 3. The van der Waals surface area contributed by atoms with Crippen LogP contribution in [0.2, 0.25) is 0 Å². The molecule has 9 nitrogen and oxygen atoms in total. The summed E-state index contributed by atoms with van der Waals surface area (Å²) in [6.45, 7) is 6.79. The zero-order valence-electron chi connectivity index (χ0n) is 18.0. The molecule has 0 aliphatic carbocycles. The van der Waals surface area contributed by atoms with Crippen LogP contribution in [0.1, 0.15) is 43.4 Å². The Morgan fingerprint density at radius 3 is 2.71 bits per heavy atom. The minimum absolute atomic E-state index is 0.0122. The van der Waals surface area contributed by atoms with Gasteiger partial charge in [-0.25, -0.2) is 4.68 Å². The van der Waals surface area contributed by atoms with E-state index in [0.717, 1.165) is 12.0 Å². The molecule has 2 unspecified atom stereocenters. The van der Waals surface area contributed by atoms with Crippen LogP contribution in [0.4, 0.5) is 5.82 Å². The van der Waals surface area contributed by atoms with Gasteiger partial charge >= 0.3 is 11.8 Å². The van der Waals surface area contributed by atoms with E-state index in [1.54, 1.807) is 17.9 Å². The molecule has 164 valence electrons. The summed E-state index contributed by atoms with van der Waals surface area (Å²) in [5, 5.41) is 13.3. The lowest BCUT2D eigenvalue weighted by Crippen LogP contribution is -2.55. The van der Waals surface area contributed by atoms with E-state index >= 15 is 0 Å². The van der Waals surface area contributed by atoms with Gasteiger partial charge in [-0.05, 0) is 30.4 Å². The summed E-state index contributed by atoms with van der Waals surface area (Å²) in [6.07, 6.45) is 0.501. The molecule has 0 bridgehead atoms. The Balaban J connectivity index is 1.48. The molecule has 3 N–H and O–H groups in total. The lowest BCUT2D eigenvalue weighted by atomic mass is 9.99. The molecule has 31 heavy (non-hydrogen) atoms. The van der Waals surface area contributed by atoms with Gasteiger partial charge in [-0.3, -0.25) is 19.7 Å². The highest BCUT2D eigenvalue weighted by Gasteiger charge is 2.32. The van der Waals surface area contributed by atoms with Crippen LogP contribution in [0, 0.1) is 12.8 Å². The summed E-state index contributed by atoms with van der Waals surface area (Å²) >= 11 is 0. The molecule has 2 atom stereocenters. The zero-order valence-corrected chi connectivity index (χ0v) is 18.0. The van der Waals surface area contributed by atoms with Crippen LogP contribution in [0.15, 0.2) is 30.3 Å². The van der Waals surface area contributed by atoms with Gasteiger partial charge in [0, 0.05) is 31.6 Å². The normalized spacial score (nSPS) is 20.9. The summed E-state index contributed by atoms with van der Waals surface area (Å²) in [4.78, 5) is 39.3. The van der Waals surface area contributed by atoms with E-state index in [9.17, 15) is 14.4 Å². The van der Waals surface area contributed by atoms with E-state index in [2.05, 4.69) is 27.1 Å². The first-order valence-corrected chi connectivity index (χ1v) is 10.6. The fourth-order valence-corrected chi connectivity index (χ4v) is 4.06. The lowest BCUT2D eigenvalue weighted by molar-refractivity contribution is -0.143. The lowest BCUT2D eigenvalue weighted by Gasteiger charge is -2.34. The Kier molecular flexibility index (Phi) is 5.77. The molecule has 3 amide bonds. The molecule has 2 aromatic rings. The summed E-state index contributed by atoms with van der Waals surface area (Å²) < 4.78 is 1.51. The van der Waals surface area contributed by atoms with Crippen molar-refractivity contribution >= 4 is 23.5 Å². The first-order chi connectivity index (χ1) is 14.8. The number of hydrogen-bond donors (Lipinski definition) is 3. The van der Waals surface area contributed by atoms with Crippen molar-refractivity contribution in [2.45, 2.75) is 52.5 Å². The van der Waals surface area contributed by atoms with Gasteiger partial charge in [0.15, 0.2) is 6.29 Å². The molecule has 4 rings (SSSR count). The Hall–Kier alpha value is -3.20. The highest BCUT2D eigenvalue weighted by atomic mass is 16.2. The average molecular weight is 425 g/mol. The van der Waals surface area contributed by atoms with E-state index in [1.165, 1.54) is 10.2 Å². The maximum atomic E-state index is 12.8. The van der Waals surface area contributed by atoms with Gasteiger partial charge in [-0.1, -0.05) is 38.1 Å². The monoisotopic (exact) mass is 424 g/mol. The van der Waals surface area contributed by atoms with Crippen molar-refractivity contribution in [3.05, 3.63) is 47.2 Å². The van der Waals surface area contributed by atoms with Crippen LogP contribution in [0.25, 0.3) is 0 Å². The number of aryl methyl sites for hydroxylation is 1. The Morgan fingerprint density at radius 1 is 1.23 bits per heavy atom. The molecule has 2 aliphatic rings. The number of hydrogen-bond acceptors (Lipinski definition) is 5. The fraction of sp³-hybridized carbons (Fsp3) is 0.455. The van der Waals surface area contributed by atoms with Gasteiger partial charge in [0.25, 0.3) is 0 Å². The van der Waals surface area contributed by atoms with Gasteiger partial charge in [-0.2, -0.15) is 5.10 Å². The average Bonchev–Trinajstić information content (AvgIpc) is 3.12. The number of nitrogens with one attached hydrogen (secondary N) is 3. The molecule has 0 saturated carbocycles. The minimum atomic E-state index is -0.719. The van der Waals surface area contributed by atoms with E-state index in [0.29, 0.717) is 31.0 Å². The van der Waals surface area contributed by atoms with Gasteiger partial charge in [0.2, 0.25) is 5.91 Å². The molecular weight excluding hydrogens is 396 g/mol. The Bertz CT molecular complexity index is 1010. The van der Waals surface area contributed by atoms with Crippen LogP contribution >= 0.6 is 0 Å². The molecular formula is C22H28N6O3. The second kappa shape index (κ2) is 8.50. The molecule has 1 aromatic heterocycles. The summed E-state index contributed by atoms with van der Waals surface area (Å²) in [7, 11) is 0. The predicted molar refractivity (Wildman–Crippen MR) is 115 cm³/mol. The van der Waals surface area contributed by atoms with E-state index in [-0.39, 0.29) is 17.9 Å². The third-order valence-electron chi connectivity index (χ3n) is 5.84. The van der Waals surface area contributed by atoms with Crippen molar-refractivity contribution in [2.24, 2.45) is 5.92 Å². The maximum absolute atomic E-state index is 12.8. The van der Waals surface area contributed by atoms with Crippen molar-refractivity contribution in [1.82, 2.24) is 25.3 Å². The second-order valence-corrected chi connectivity index (χ2v) is 8.51. The van der Waals surface area contributed by atoms with Crippen molar-refractivity contribution in [1.29, 1.82) is 0 Å². The van der Waals surface area contributed by atoms with Gasteiger partial charge < -0.3 is 15.5 Å². The number of carbonyl (C=O) groups excluding carboxylic acids is 3. The molecule has 0 spiro atoms. The highest BCUT2D eigenvalue weighted by Crippen LogP contribution is 2.21. The molecule has 1 saturated heterocycles. The van der Waals surface area contributed by atoms with Gasteiger partial charge in [0.1, 0.15) is 5.82 Å². The number of aromatic nitrogens is 2. The third kappa shape index (κ3) is 4.46. The van der Waals surface area contributed by atoms with Crippen LogP contribution in [0.5, 0.6) is 0 Å². The van der Waals surface area contributed by atoms with Crippen LogP contribution in [-0.2, 0) is 27.3 Å². The summed E-state index contributed by atoms with van der Waals surface area (Å²) in [5.41, 5.74) is 2.93. The smallest absolute Gasteiger partial charge is 0.315 e. The second-order valence-electron chi connectivity index (χ2n) is 8.51. The van der Waals surface area contributed by atoms with Crippen molar-refractivity contribution in [3.63, 3.8) is 0 Å².